The minimum atomic E-state index is -0.00232. The van der Waals surface area contributed by atoms with Gasteiger partial charge in [0.25, 0.3) is 0 Å². The van der Waals surface area contributed by atoms with Gasteiger partial charge in [-0.1, -0.05) is 38.5 Å². The third kappa shape index (κ3) is 4.75. The highest BCUT2D eigenvalue weighted by Crippen LogP contribution is 2.23. The van der Waals surface area contributed by atoms with E-state index >= 15 is 0 Å². The van der Waals surface area contributed by atoms with Gasteiger partial charge in [-0.3, -0.25) is 0 Å². The lowest BCUT2D eigenvalue weighted by atomic mass is 9.88. The molecule has 2 amide bonds. The van der Waals surface area contributed by atoms with Gasteiger partial charge in [-0.15, -0.1) is 0 Å². The Morgan fingerprint density at radius 3 is 2.39 bits per heavy atom. The molecule has 2 rings (SSSR count). The van der Waals surface area contributed by atoms with E-state index in [9.17, 15) is 4.79 Å². The number of nitrogens with one attached hydrogen (secondary N) is 1. The van der Waals surface area contributed by atoms with E-state index in [4.69, 9.17) is 0 Å². The first-order chi connectivity index (χ1) is 10.8. The molecule has 126 valence electrons. The third-order valence-electron chi connectivity index (χ3n) is 4.53. The number of carbonyl (C=O) groups is 1. The van der Waals surface area contributed by atoms with Crippen LogP contribution in [0.3, 0.4) is 0 Å². The number of nitrogens with zero attached hydrogens (tertiary/aromatic N) is 2. The van der Waals surface area contributed by atoms with E-state index in [1.165, 1.54) is 16.8 Å². The molecular weight excluding hydrogens is 286 g/mol. The number of carbonyl (C=O) groups excluding carboxylic acids is 1. The predicted octanol–water partition coefficient (Wildman–Crippen LogP) is 3.78. The fourth-order valence-electron chi connectivity index (χ4n) is 2.47. The molecule has 0 bridgehead atoms. The van der Waals surface area contributed by atoms with Crippen LogP contribution in [-0.2, 0) is 0 Å². The number of aryl methyl sites for hydroxylation is 1. The van der Waals surface area contributed by atoms with E-state index in [0.717, 1.165) is 26.2 Å². The van der Waals surface area contributed by atoms with E-state index in [1.807, 2.05) is 11.1 Å². The summed E-state index contributed by atoms with van der Waals surface area (Å²) >= 11 is 0. The number of anilines is 1. The highest BCUT2D eigenvalue weighted by molar-refractivity contribution is 5.75. The van der Waals surface area contributed by atoms with E-state index < -0.39 is 0 Å². The van der Waals surface area contributed by atoms with E-state index in [0.29, 0.717) is 0 Å². The number of urea groups is 1. The molecule has 0 unspecified atom stereocenters. The van der Waals surface area contributed by atoms with Crippen LogP contribution in [0.1, 0.15) is 33.3 Å². The largest absolute Gasteiger partial charge is 0.368 e. The van der Waals surface area contributed by atoms with Crippen LogP contribution in [0, 0.1) is 12.3 Å². The van der Waals surface area contributed by atoms with Gasteiger partial charge >= 0.3 is 6.03 Å². The van der Waals surface area contributed by atoms with Crippen molar-refractivity contribution in [3.8, 4) is 0 Å². The van der Waals surface area contributed by atoms with Gasteiger partial charge in [0.05, 0.1) is 0 Å². The van der Waals surface area contributed by atoms with Gasteiger partial charge in [-0.25, -0.2) is 4.79 Å². The van der Waals surface area contributed by atoms with Gasteiger partial charge in [0.1, 0.15) is 0 Å². The first-order valence-corrected chi connectivity index (χ1v) is 8.31. The lowest BCUT2D eigenvalue weighted by Gasteiger charge is -2.36. The SMILES string of the molecule is C/C(=C\NC(=O)N1CCN(c2cccc(C)c2)CC1)C(C)(C)C. The summed E-state index contributed by atoms with van der Waals surface area (Å²) in [6, 6.07) is 8.53. The lowest BCUT2D eigenvalue weighted by Crippen LogP contribution is -2.51. The van der Waals surface area contributed by atoms with Gasteiger partial charge in [0.2, 0.25) is 0 Å². The van der Waals surface area contributed by atoms with E-state index in [1.54, 1.807) is 0 Å². The van der Waals surface area contributed by atoms with Crippen LogP contribution in [0.2, 0.25) is 0 Å². The Hall–Kier alpha value is -1.97. The number of allylic oxidation sites excluding steroid dienone is 1. The first-order valence-electron chi connectivity index (χ1n) is 8.31. The minimum Gasteiger partial charge on any atom is -0.368 e. The maximum Gasteiger partial charge on any atom is 0.321 e. The Balaban J connectivity index is 1.88. The van der Waals surface area contributed by atoms with Crippen molar-refractivity contribution in [3.63, 3.8) is 0 Å². The van der Waals surface area contributed by atoms with E-state index in [2.05, 4.69) is 69.1 Å². The summed E-state index contributed by atoms with van der Waals surface area (Å²) in [5.41, 5.74) is 3.76. The fourth-order valence-corrected chi connectivity index (χ4v) is 2.47. The monoisotopic (exact) mass is 315 g/mol. The zero-order valence-electron chi connectivity index (χ0n) is 15.0. The molecule has 1 saturated heterocycles. The minimum absolute atomic E-state index is 0.00232. The lowest BCUT2D eigenvalue weighted by molar-refractivity contribution is 0.198. The number of rotatable bonds is 2. The molecule has 1 aliphatic rings. The van der Waals surface area contributed by atoms with Crippen LogP contribution >= 0.6 is 0 Å². The topological polar surface area (TPSA) is 35.6 Å². The molecule has 1 N–H and O–H groups in total. The van der Waals surface area contributed by atoms with Crippen LogP contribution in [0.4, 0.5) is 10.5 Å². The summed E-state index contributed by atoms with van der Waals surface area (Å²) < 4.78 is 0. The Morgan fingerprint density at radius 1 is 1.17 bits per heavy atom. The Kier molecular flexibility index (Phi) is 5.34. The molecule has 1 aliphatic heterocycles. The second-order valence-corrected chi connectivity index (χ2v) is 7.34. The van der Waals surface area contributed by atoms with Crippen LogP contribution < -0.4 is 10.2 Å². The van der Waals surface area contributed by atoms with Gasteiger partial charge in [-0.2, -0.15) is 0 Å². The van der Waals surface area contributed by atoms with Crippen molar-refractivity contribution >= 4 is 11.7 Å². The average Bonchev–Trinajstić information content (AvgIpc) is 2.51. The van der Waals surface area contributed by atoms with Crippen LogP contribution in [0.25, 0.3) is 0 Å². The molecule has 4 heteroatoms. The zero-order chi connectivity index (χ0) is 17.0. The molecule has 0 radical (unpaired) electrons. The summed E-state index contributed by atoms with van der Waals surface area (Å²) in [6.45, 7) is 13.8. The number of amides is 2. The average molecular weight is 315 g/mol. The number of hydrogen-bond donors (Lipinski definition) is 1. The molecule has 23 heavy (non-hydrogen) atoms. The van der Waals surface area contributed by atoms with Crippen molar-refractivity contribution in [3.05, 3.63) is 41.6 Å². The standard InChI is InChI=1S/C19H29N3O/c1-15-7-6-8-17(13-15)21-9-11-22(12-10-21)18(23)20-14-16(2)19(3,4)5/h6-8,13-14H,9-12H2,1-5H3,(H,20,23)/b16-14+. The van der Waals surface area contributed by atoms with Crippen molar-refractivity contribution in [1.82, 2.24) is 10.2 Å². The molecular formula is C19H29N3O. The number of piperazine rings is 1. The van der Waals surface area contributed by atoms with Crippen molar-refractivity contribution in [2.24, 2.45) is 5.41 Å². The molecule has 0 spiro atoms. The van der Waals surface area contributed by atoms with Crippen molar-refractivity contribution in [2.45, 2.75) is 34.6 Å². The van der Waals surface area contributed by atoms with Crippen LogP contribution in [-0.4, -0.2) is 37.1 Å². The summed E-state index contributed by atoms with van der Waals surface area (Å²) in [4.78, 5) is 16.5. The van der Waals surface area contributed by atoms with Gasteiger partial charge in [0.15, 0.2) is 0 Å². The molecule has 1 aromatic rings. The van der Waals surface area contributed by atoms with Crippen molar-refractivity contribution in [2.75, 3.05) is 31.1 Å². The summed E-state index contributed by atoms with van der Waals surface area (Å²) in [6.07, 6.45) is 1.84. The number of hydrogen-bond acceptors (Lipinski definition) is 2. The molecule has 0 atom stereocenters. The summed E-state index contributed by atoms with van der Waals surface area (Å²) in [5.74, 6) is 0. The molecule has 1 fully saturated rings. The molecule has 4 nitrogen and oxygen atoms in total. The quantitative estimate of drug-likeness (QED) is 0.901. The molecule has 0 saturated carbocycles. The molecule has 0 aliphatic carbocycles. The highest BCUT2D eigenvalue weighted by atomic mass is 16.2. The van der Waals surface area contributed by atoms with E-state index in [-0.39, 0.29) is 11.4 Å². The normalized spacial score (nSPS) is 16.5. The third-order valence-corrected chi connectivity index (χ3v) is 4.53. The molecule has 1 aromatic carbocycles. The smallest absolute Gasteiger partial charge is 0.321 e. The predicted molar refractivity (Wildman–Crippen MR) is 96.7 cm³/mol. The van der Waals surface area contributed by atoms with Gasteiger partial charge in [-0.05, 0) is 37.0 Å². The Labute approximate surface area is 140 Å². The maximum atomic E-state index is 12.3. The van der Waals surface area contributed by atoms with Crippen LogP contribution in [0.5, 0.6) is 0 Å². The molecule has 1 heterocycles. The van der Waals surface area contributed by atoms with Crippen molar-refractivity contribution in [1.29, 1.82) is 0 Å². The Bertz CT molecular complexity index is 579. The zero-order valence-corrected chi connectivity index (χ0v) is 15.0. The highest BCUT2D eigenvalue weighted by Gasteiger charge is 2.21. The van der Waals surface area contributed by atoms with Crippen LogP contribution in [0.15, 0.2) is 36.0 Å². The van der Waals surface area contributed by atoms with Gasteiger partial charge < -0.3 is 15.1 Å². The van der Waals surface area contributed by atoms with Gasteiger partial charge in [0, 0.05) is 38.1 Å². The maximum absolute atomic E-state index is 12.3. The summed E-state index contributed by atoms with van der Waals surface area (Å²) in [7, 11) is 0. The first kappa shape index (κ1) is 17.4. The summed E-state index contributed by atoms with van der Waals surface area (Å²) in [5, 5.41) is 2.93. The second-order valence-electron chi connectivity index (χ2n) is 7.34. The van der Waals surface area contributed by atoms with Crippen molar-refractivity contribution < 1.29 is 4.79 Å². The Morgan fingerprint density at radius 2 is 1.83 bits per heavy atom. The fraction of sp³-hybridized carbons (Fsp3) is 0.526. The number of benzene rings is 1. The molecule has 0 aromatic heterocycles. The second kappa shape index (κ2) is 7.07.